The third-order valence-electron chi connectivity index (χ3n) is 2.98. The average molecular weight is 281 g/mol. The van der Waals surface area contributed by atoms with Crippen molar-refractivity contribution in [3.05, 3.63) is 29.8 Å². The first-order chi connectivity index (χ1) is 9.63. The van der Waals surface area contributed by atoms with Crippen molar-refractivity contribution < 1.29 is 18.7 Å². The molecule has 1 atom stereocenters. The molecule has 0 radical (unpaired) electrons. The summed E-state index contributed by atoms with van der Waals surface area (Å²) in [5.74, 6) is -1.47. The fourth-order valence-corrected chi connectivity index (χ4v) is 2.03. The molecule has 0 bridgehead atoms. The van der Waals surface area contributed by atoms with E-state index in [0.29, 0.717) is 13.2 Å². The summed E-state index contributed by atoms with van der Waals surface area (Å²) in [4.78, 5) is 29.2. The molecule has 1 N–H and O–H groups in total. The molecular weight excluding hydrogens is 265 g/mol. The average Bonchev–Trinajstić information content (AvgIpc) is 2.47. The first-order valence-electron chi connectivity index (χ1n) is 6.42. The van der Waals surface area contributed by atoms with Crippen LogP contribution in [0.1, 0.15) is 17.4 Å². The number of aromatic nitrogens is 1. The quantitative estimate of drug-likeness (QED) is 0.803. The molecule has 2 rings (SSSR count). The number of rotatable bonds is 3. The number of carbonyl (C=O) groups is 2. The van der Waals surface area contributed by atoms with Crippen molar-refractivity contribution in [1.82, 2.24) is 15.2 Å². The van der Waals surface area contributed by atoms with Gasteiger partial charge in [-0.05, 0) is 19.1 Å². The lowest BCUT2D eigenvalue weighted by Gasteiger charge is -2.34. The molecule has 1 aromatic rings. The summed E-state index contributed by atoms with van der Waals surface area (Å²) in [5, 5.41) is 2.66. The first kappa shape index (κ1) is 14.4. The largest absolute Gasteiger partial charge is 0.377 e. The molecule has 0 aliphatic carbocycles. The van der Waals surface area contributed by atoms with Crippen LogP contribution in [-0.4, -0.2) is 54.0 Å². The van der Waals surface area contributed by atoms with E-state index in [9.17, 15) is 14.0 Å². The van der Waals surface area contributed by atoms with Crippen molar-refractivity contribution in [3.8, 4) is 0 Å². The number of likely N-dealkylation sites (N-methyl/N-ethyl adjacent to an activating group) is 1. The van der Waals surface area contributed by atoms with E-state index in [1.54, 1.807) is 6.92 Å². The molecule has 6 nitrogen and oxygen atoms in total. The second-order valence-corrected chi connectivity index (χ2v) is 4.33. The summed E-state index contributed by atoms with van der Waals surface area (Å²) < 4.78 is 18.3. The Hall–Kier alpha value is -2.02. The Labute approximate surface area is 115 Å². The molecular formula is C13H16FN3O3. The van der Waals surface area contributed by atoms with Gasteiger partial charge in [-0.25, -0.2) is 4.98 Å². The summed E-state index contributed by atoms with van der Waals surface area (Å²) in [5.41, 5.74) is -0.0128. The van der Waals surface area contributed by atoms with Gasteiger partial charge in [0.2, 0.25) is 11.9 Å². The van der Waals surface area contributed by atoms with Crippen LogP contribution in [0.3, 0.4) is 0 Å². The molecule has 0 spiro atoms. The Morgan fingerprint density at radius 2 is 2.35 bits per heavy atom. The lowest BCUT2D eigenvalue weighted by molar-refractivity contribution is -0.130. The van der Waals surface area contributed by atoms with Crippen molar-refractivity contribution in [2.45, 2.75) is 13.0 Å². The summed E-state index contributed by atoms with van der Waals surface area (Å²) in [6.45, 7) is 3.01. The number of halogens is 1. The number of nitrogens with zero attached hydrogens (tertiary/aromatic N) is 2. The van der Waals surface area contributed by atoms with Gasteiger partial charge in [0.25, 0.3) is 5.91 Å². The van der Waals surface area contributed by atoms with Crippen LogP contribution in [0, 0.1) is 5.95 Å². The van der Waals surface area contributed by atoms with E-state index in [1.165, 1.54) is 17.0 Å². The Balaban J connectivity index is 2.19. The van der Waals surface area contributed by atoms with Crippen LogP contribution in [0.2, 0.25) is 0 Å². The standard InChI is InChI=1S/C13H16FN3O3/c1-2-15-12(18)10-8-20-7-6-17(10)13(19)9-4-3-5-11(14)16-9/h3-5,10H,2,6-8H2,1H3,(H,15,18). The lowest BCUT2D eigenvalue weighted by Crippen LogP contribution is -2.56. The molecule has 7 heteroatoms. The summed E-state index contributed by atoms with van der Waals surface area (Å²) in [7, 11) is 0. The summed E-state index contributed by atoms with van der Waals surface area (Å²) in [6.07, 6.45) is 0. The fourth-order valence-electron chi connectivity index (χ4n) is 2.03. The lowest BCUT2D eigenvalue weighted by atomic mass is 10.2. The van der Waals surface area contributed by atoms with Gasteiger partial charge in [-0.2, -0.15) is 4.39 Å². The molecule has 1 aromatic heterocycles. The van der Waals surface area contributed by atoms with E-state index < -0.39 is 17.9 Å². The smallest absolute Gasteiger partial charge is 0.273 e. The van der Waals surface area contributed by atoms with Gasteiger partial charge in [-0.3, -0.25) is 9.59 Å². The highest BCUT2D eigenvalue weighted by Gasteiger charge is 2.33. The monoisotopic (exact) mass is 281 g/mol. The van der Waals surface area contributed by atoms with E-state index >= 15 is 0 Å². The van der Waals surface area contributed by atoms with Crippen LogP contribution >= 0.6 is 0 Å². The number of carbonyl (C=O) groups excluding carboxylic acids is 2. The highest BCUT2D eigenvalue weighted by Crippen LogP contribution is 2.12. The van der Waals surface area contributed by atoms with E-state index in [4.69, 9.17) is 4.74 Å². The van der Waals surface area contributed by atoms with E-state index in [2.05, 4.69) is 10.3 Å². The number of nitrogens with one attached hydrogen (secondary N) is 1. The predicted molar refractivity (Wildman–Crippen MR) is 68.5 cm³/mol. The normalized spacial score (nSPS) is 18.7. The van der Waals surface area contributed by atoms with Crippen molar-refractivity contribution >= 4 is 11.8 Å². The number of hydrogen-bond acceptors (Lipinski definition) is 4. The summed E-state index contributed by atoms with van der Waals surface area (Å²) in [6, 6.07) is 3.30. The van der Waals surface area contributed by atoms with Gasteiger partial charge in [0.15, 0.2) is 0 Å². The Kier molecular flexibility index (Phi) is 4.62. The van der Waals surface area contributed by atoms with Crippen molar-refractivity contribution in [1.29, 1.82) is 0 Å². The van der Waals surface area contributed by atoms with Crippen LogP contribution in [0.5, 0.6) is 0 Å². The Morgan fingerprint density at radius 1 is 1.55 bits per heavy atom. The van der Waals surface area contributed by atoms with Crippen LogP contribution in [-0.2, 0) is 9.53 Å². The maximum atomic E-state index is 13.1. The molecule has 1 aliphatic heterocycles. The fraction of sp³-hybridized carbons (Fsp3) is 0.462. The molecule has 2 amide bonds. The number of hydrogen-bond donors (Lipinski definition) is 1. The number of pyridine rings is 1. The molecule has 1 unspecified atom stereocenters. The molecule has 108 valence electrons. The number of morpholine rings is 1. The maximum Gasteiger partial charge on any atom is 0.273 e. The van der Waals surface area contributed by atoms with Gasteiger partial charge in [-0.15, -0.1) is 0 Å². The van der Waals surface area contributed by atoms with Crippen molar-refractivity contribution in [2.75, 3.05) is 26.3 Å². The number of ether oxygens (including phenoxy) is 1. The second-order valence-electron chi connectivity index (χ2n) is 4.33. The Bertz CT molecular complexity index is 509. The number of amides is 2. The molecule has 1 fully saturated rings. The first-order valence-corrected chi connectivity index (χ1v) is 6.42. The molecule has 1 saturated heterocycles. The van der Waals surface area contributed by atoms with E-state index in [1.807, 2.05) is 0 Å². The van der Waals surface area contributed by atoms with Gasteiger partial charge >= 0.3 is 0 Å². The van der Waals surface area contributed by atoms with Crippen LogP contribution in [0.4, 0.5) is 4.39 Å². The van der Waals surface area contributed by atoms with Gasteiger partial charge < -0.3 is 15.0 Å². The highest BCUT2D eigenvalue weighted by atomic mass is 19.1. The third-order valence-corrected chi connectivity index (χ3v) is 2.98. The zero-order chi connectivity index (χ0) is 14.5. The highest BCUT2D eigenvalue weighted by molar-refractivity contribution is 5.96. The van der Waals surface area contributed by atoms with Crippen LogP contribution in [0.15, 0.2) is 18.2 Å². The SMILES string of the molecule is CCNC(=O)C1COCCN1C(=O)c1cccc(F)n1. The van der Waals surface area contributed by atoms with Gasteiger partial charge in [-0.1, -0.05) is 6.07 Å². The minimum Gasteiger partial charge on any atom is -0.377 e. The van der Waals surface area contributed by atoms with E-state index in [-0.39, 0.29) is 24.8 Å². The maximum absolute atomic E-state index is 13.1. The zero-order valence-corrected chi connectivity index (χ0v) is 11.1. The molecule has 2 heterocycles. The van der Waals surface area contributed by atoms with Gasteiger partial charge in [0.05, 0.1) is 13.2 Å². The Morgan fingerprint density at radius 3 is 3.05 bits per heavy atom. The van der Waals surface area contributed by atoms with Gasteiger partial charge in [0.1, 0.15) is 11.7 Å². The van der Waals surface area contributed by atoms with Crippen molar-refractivity contribution in [3.63, 3.8) is 0 Å². The molecule has 0 saturated carbocycles. The van der Waals surface area contributed by atoms with Gasteiger partial charge in [0, 0.05) is 13.1 Å². The van der Waals surface area contributed by atoms with Crippen LogP contribution < -0.4 is 5.32 Å². The third kappa shape index (κ3) is 3.11. The van der Waals surface area contributed by atoms with Crippen LogP contribution in [0.25, 0.3) is 0 Å². The minimum absolute atomic E-state index is 0.0128. The predicted octanol–water partition coefficient (Wildman–Crippen LogP) is 0.198. The minimum atomic E-state index is -0.723. The molecule has 0 aromatic carbocycles. The van der Waals surface area contributed by atoms with Crippen molar-refractivity contribution in [2.24, 2.45) is 0 Å². The van der Waals surface area contributed by atoms with E-state index in [0.717, 1.165) is 6.07 Å². The summed E-state index contributed by atoms with van der Waals surface area (Å²) >= 11 is 0. The topological polar surface area (TPSA) is 71.5 Å². The molecule has 1 aliphatic rings. The molecule has 20 heavy (non-hydrogen) atoms. The second kappa shape index (κ2) is 6.42. The zero-order valence-electron chi connectivity index (χ0n) is 11.1.